The van der Waals surface area contributed by atoms with Crippen molar-refractivity contribution in [3.8, 4) is 5.75 Å². The van der Waals surface area contributed by atoms with Crippen molar-refractivity contribution in [3.63, 3.8) is 0 Å². The van der Waals surface area contributed by atoms with Gasteiger partial charge >= 0.3 is 0 Å². The van der Waals surface area contributed by atoms with E-state index < -0.39 is 0 Å². The number of ether oxygens (including phenoxy) is 1. The van der Waals surface area contributed by atoms with Crippen molar-refractivity contribution in [2.24, 2.45) is 5.92 Å². The van der Waals surface area contributed by atoms with Crippen LogP contribution >= 0.6 is 0 Å². The molecule has 1 saturated carbocycles. The number of hydrogen-bond acceptors (Lipinski definition) is 3. The van der Waals surface area contributed by atoms with Crippen LogP contribution in [0.3, 0.4) is 0 Å². The molecule has 0 radical (unpaired) electrons. The number of hydrogen-bond donors (Lipinski definition) is 2. The Labute approximate surface area is 120 Å². The maximum atomic E-state index is 12.3. The van der Waals surface area contributed by atoms with Gasteiger partial charge in [0, 0.05) is 11.6 Å². The molecule has 1 aromatic rings. The fourth-order valence-electron chi connectivity index (χ4n) is 2.78. The van der Waals surface area contributed by atoms with Gasteiger partial charge in [0.2, 0.25) is 0 Å². The van der Waals surface area contributed by atoms with E-state index in [-0.39, 0.29) is 11.9 Å². The SMILES string of the molecule is COc1ccc(C(=O)NC2CCCC(C)CC2)cc1N. The predicted molar refractivity (Wildman–Crippen MR) is 80.9 cm³/mol. The molecule has 1 fully saturated rings. The number of nitrogens with two attached hydrogens (primary N) is 1. The summed E-state index contributed by atoms with van der Waals surface area (Å²) in [5.41, 5.74) is 6.93. The summed E-state index contributed by atoms with van der Waals surface area (Å²) in [6.45, 7) is 2.29. The minimum absolute atomic E-state index is 0.0427. The molecule has 1 aliphatic rings. The van der Waals surface area contributed by atoms with E-state index >= 15 is 0 Å². The second kappa shape index (κ2) is 6.64. The van der Waals surface area contributed by atoms with Crippen molar-refractivity contribution < 1.29 is 9.53 Å². The third kappa shape index (κ3) is 3.65. The molecule has 2 atom stereocenters. The number of benzene rings is 1. The molecule has 0 bridgehead atoms. The summed E-state index contributed by atoms with van der Waals surface area (Å²) < 4.78 is 5.10. The van der Waals surface area contributed by atoms with E-state index in [1.807, 2.05) is 0 Å². The summed E-state index contributed by atoms with van der Waals surface area (Å²) in [4.78, 5) is 12.3. The highest BCUT2D eigenvalue weighted by Gasteiger charge is 2.18. The number of nitrogens with one attached hydrogen (secondary N) is 1. The minimum atomic E-state index is -0.0427. The molecule has 0 aliphatic heterocycles. The molecular weight excluding hydrogens is 252 g/mol. The summed E-state index contributed by atoms with van der Waals surface area (Å²) in [7, 11) is 1.57. The fourth-order valence-corrected chi connectivity index (χ4v) is 2.78. The number of carbonyl (C=O) groups excluding carboxylic acids is 1. The van der Waals surface area contributed by atoms with Crippen LogP contribution in [0.25, 0.3) is 0 Å². The average Bonchev–Trinajstić information content (AvgIpc) is 2.63. The number of nitrogen functional groups attached to an aromatic ring is 1. The molecule has 0 saturated heterocycles. The zero-order chi connectivity index (χ0) is 14.5. The lowest BCUT2D eigenvalue weighted by molar-refractivity contribution is 0.0933. The average molecular weight is 276 g/mol. The number of amides is 1. The lowest BCUT2D eigenvalue weighted by Gasteiger charge is -2.17. The molecule has 3 N–H and O–H groups in total. The van der Waals surface area contributed by atoms with E-state index in [0.29, 0.717) is 17.0 Å². The first-order valence-corrected chi connectivity index (χ1v) is 7.34. The molecule has 110 valence electrons. The molecule has 2 rings (SSSR count). The molecule has 0 spiro atoms. The maximum Gasteiger partial charge on any atom is 0.251 e. The number of anilines is 1. The van der Waals surface area contributed by atoms with Gasteiger partial charge in [0.15, 0.2) is 0 Å². The van der Waals surface area contributed by atoms with Gasteiger partial charge in [-0.3, -0.25) is 4.79 Å². The molecule has 1 amide bonds. The van der Waals surface area contributed by atoms with Gasteiger partial charge in [-0.05, 0) is 43.4 Å². The van der Waals surface area contributed by atoms with Crippen LogP contribution in [0.1, 0.15) is 49.4 Å². The van der Waals surface area contributed by atoms with Gasteiger partial charge in [0.1, 0.15) is 5.75 Å². The van der Waals surface area contributed by atoms with Gasteiger partial charge in [0.05, 0.1) is 12.8 Å². The molecule has 0 heterocycles. The van der Waals surface area contributed by atoms with Gasteiger partial charge < -0.3 is 15.8 Å². The molecule has 2 unspecified atom stereocenters. The van der Waals surface area contributed by atoms with Gasteiger partial charge in [0.25, 0.3) is 5.91 Å². The first kappa shape index (κ1) is 14.7. The summed E-state index contributed by atoms with van der Waals surface area (Å²) in [6.07, 6.45) is 5.79. The maximum absolute atomic E-state index is 12.3. The Morgan fingerprint density at radius 2 is 2.10 bits per heavy atom. The molecule has 4 nitrogen and oxygen atoms in total. The molecular formula is C16H24N2O2. The van der Waals surface area contributed by atoms with E-state index in [2.05, 4.69) is 12.2 Å². The fraction of sp³-hybridized carbons (Fsp3) is 0.562. The van der Waals surface area contributed by atoms with E-state index in [0.717, 1.165) is 18.8 Å². The quantitative estimate of drug-likeness (QED) is 0.659. The second-order valence-electron chi connectivity index (χ2n) is 5.74. The lowest BCUT2D eigenvalue weighted by Crippen LogP contribution is -2.34. The Bertz CT molecular complexity index is 474. The van der Waals surface area contributed by atoms with E-state index in [4.69, 9.17) is 10.5 Å². The first-order chi connectivity index (χ1) is 9.60. The van der Waals surface area contributed by atoms with Crippen LogP contribution in [0.2, 0.25) is 0 Å². The van der Waals surface area contributed by atoms with Crippen molar-refractivity contribution in [2.45, 2.75) is 45.1 Å². The molecule has 1 aliphatic carbocycles. The van der Waals surface area contributed by atoms with Gasteiger partial charge in [-0.15, -0.1) is 0 Å². The molecule has 4 heteroatoms. The monoisotopic (exact) mass is 276 g/mol. The zero-order valence-corrected chi connectivity index (χ0v) is 12.3. The van der Waals surface area contributed by atoms with Crippen LogP contribution in [-0.4, -0.2) is 19.1 Å². The smallest absolute Gasteiger partial charge is 0.251 e. The van der Waals surface area contributed by atoms with E-state index in [9.17, 15) is 4.79 Å². The van der Waals surface area contributed by atoms with Gasteiger partial charge in [-0.25, -0.2) is 0 Å². The topological polar surface area (TPSA) is 64.3 Å². The van der Waals surface area contributed by atoms with E-state index in [1.165, 1.54) is 19.3 Å². The van der Waals surface area contributed by atoms with Crippen molar-refractivity contribution in [1.29, 1.82) is 0 Å². The summed E-state index contributed by atoms with van der Waals surface area (Å²) in [6, 6.07) is 5.45. The Morgan fingerprint density at radius 1 is 1.30 bits per heavy atom. The highest BCUT2D eigenvalue weighted by molar-refractivity contribution is 5.95. The van der Waals surface area contributed by atoms with Crippen molar-refractivity contribution in [2.75, 3.05) is 12.8 Å². The Kier molecular flexibility index (Phi) is 4.88. The van der Waals surface area contributed by atoms with Crippen LogP contribution in [0, 0.1) is 5.92 Å². The second-order valence-corrected chi connectivity index (χ2v) is 5.74. The number of carbonyl (C=O) groups is 1. The summed E-state index contributed by atoms with van der Waals surface area (Å²) >= 11 is 0. The largest absolute Gasteiger partial charge is 0.495 e. The third-order valence-electron chi connectivity index (χ3n) is 4.08. The highest BCUT2D eigenvalue weighted by atomic mass is 16.5. The Hall–Kier alpha value is -1.71. The van der Waals surface area contributed by atoms with Crippen LogP contribution in [0.15, 0.2) is 18.2 Å². The van der Waals surface area contributed by atoms with Crippen molar-refractivity contribution in [3.05, 3.63) is 23.8 Å². The third-order valence-corrected chi connectivity index (χ3v) is 4.08. The highest BCUT2D eigenvalue weighted by Crippen LogP contribution is 2.24. The Morgan fingerprint density at radius 3 is 2.80 bits per heavy atom. The zero-order valence-electron chi connectivity index (χ0n) is 12.3. The summed E-state index contributed by atoms with van der Waals surface area (Å²) in [5.74, 6) is 1.33. The molecule has 20 heavy (non-hydrogen) atoms. The molecule has 0 aromatic heterocycles. The van der Waals surface area contributed by atoms with Gasteiger partial charge in [-0.1, -0.05) is 19.8 Å². The van der Waals surface area contributed by atoms with Crippen LogP contribution in [0.5, 0.6) is 5.75 Å². The predicted octanol–water partition coefficient (Wildman–Crippen LogP) is 2.98. The normalized spacial score (nSPS) is 22.9. The van der Waals surface area contributed by atoms with Gasteiger partial charge in [-0.2, -0.15) is 0 Å². The number of rotatable bonds is 3. The van der Waals surface area contributed by atoms with Crippen LogP contribution in [-0.2, 0) is 0 Å². The number of methoxy groups -OCH3 is 1. The standard InChI is InChI=1S/C16H24N2O2/c1-11-4-3-5-13(8-6-11)18-16(19)12-7-9-15(20-2)14(17)10-12/h7,9-11,13H,3-6,8,17H2,1-2H3,(H,18,19). The van der Waals surface area contributed by atoms with Crippen LogP contribution in [0.4, 0.5) is 5.69 Å². The molecule has 1 aromatic carbocycles. The lowest BCUT2D eigenvalue weighted by atomic mass is 10.0. The van der Waals surface area contributed by atoms with Crippen molar-refractivity contribution in [1.82, 2.24) is 5.32 Å². The first-order valence-electron chi connectivity index (χ1n) is 7.34. The minimum Gasteiger partial charge on any atom is -0.495 e. The van der Waals surface area contributed by atoms with Crippen LogP contribution < -0.4 is 15.8 Å². The Balaban J connectivity index is 1.99. The van der Waals surface area contributed by atoms with E-state index in [1.54, 1.807) is 25.3 Å². The van der Waals surface area contributed by atoms with Crippen molar-refractivity contribution >= 4 is 11.6 Å². The summed E-state index contributed by atoms with van der Waals surface area (Å²) in [5, 5.41) is 3.13.